The molecule has 5 rings (SSSR count). The molecule has 0 saturated heterocycles. The maximum atomic E-state index is 13.3. The van der Waals surface area contributed by atoms with Crippen molar-refractivity contribution in [3.05, 3.63) is 88.7 Å². The molecule has 274 valence electrons. The molecule has 1 saturated carbocycles. The minimum atomic E-state index is -4.62. The number of alkyl halides is 3. The molecule has 1 aliphatic carbocycles. The summed E-state index contributed by atoms with van der Waals surface area (Å²) in [7, 11) is 0. The molecule has 3 aromatic carbocycles. The van der Waals surface area contributed by atoms with Crippen molar-refractivity contribution in [2.24, 2.45) is 5.41 Å². The second-order valence-corrected chi connectivity index (χ2v) is 13.2. The van der Waals surface area contributed by atoms with Crippen LogP contribution in [-0.2, 0) is 15.1 Å². The van der Waals surface area contributed by atoms with Gasteiger partial charge in [0.05, 0.1) is 16.9 Å². The Morgan fingerprint density at radius 3 is 2.17 bits per heavy atom. The van der Waals surface area contributed by atoms with Crippen molar-refractivity contribution >= 4 is 58.3 Å². The van der Waals surface area contributed by atoms with E-state index < -0.39 is 53.3 Å². The highest BCUT2D eigenvalue weighted by Gasteiger charge is 2.45. The molecule has 0 spiro atoms. The van der Waals surface area contributed by atoms with Gasteiger partial charge in [-0.2, -0.15) is 28.1 Å². The van der Waals surface area contributed by atoms with Crippen LogP contribution < -0.4 is 37.1 Å². The molecular weight excluding hydrogens is 710 g/mol. The third kappa shape index (κ3) is 10.4. The summed E-state index contributed by atoms with van der Waals surface area (Å²) >= 11 is 6.02. The van der Waals surface area contributed by atoms with Crippen LogP contribution in [0.3, 0.4) is 0 Å². The number of ether oxygens (including phenoxy) is 1. The van der Waals surface area contributed by atoms with E-state index in [1.165, 1.54) is 18.2 Å². The summed E-state index contributed by atoms with van der Waals surface area (Å²) in [6, 6.07) is 16.1. The number of nitrogen functional groups attached to an aromatic ring is 1. The first kappa shape index (κ1) is 37.5. The predicted molar refractivity (Wildman–Crippen MR) is 186 cm³/mol. The van der Waals surface area contributed by atoms with E-state index in [0.717, 1.165) is 30.5 Å². The maximum Gasteiger partial charge on any atom is 0.422 e. The lowest BCUT2D eigenvalue weighted by molar-refractivity contribution is -0.154. The van der Waals surface area contributed by atoms with Gasteiger partial charge in [0.15, 0.2) is 6.61 Å². The molecule has 0 aliphatic heterocycles. The lowest BCUT2D eigenvalue weighted by atomic mass is 9.93. The van der Waals surface area contributed by atoms with Crippen LogP contribution in [0.1, 0.15) is 42.6 Å². The number of nitrogens with one attached hydrogen (secondary N) is 5. The maximum absolute atomic E-state index is 13.3. The van der Waals surface area contributed by atoms with Crippen LogP contribution in [0.15, 0.2) is 66.7 Å². The van der Waals surface area contributed by atoms with E-state index in [0.29, 0.717) is 10.7 Å². The summed E-state index contributed by atoms with van der Waals surface area (Å²) < 4.78 is 56.8. The molecule has 0 radical (unpaired) electrons. The molecule has 1 fully saturated rings. The Morgan fingerprint density at radius 2 is 1.54 bits per heavy atom. The van der Waals surface area contributed by atoms with Crippen molar-refractivity contribution in [1.29, 1.82) is 0 Å². The van der Waals surface area contributed by atoms with Gasteiger partial charge in [-0.15, -0.1) is 0 Å². The number of carbonyl (C=O) groups excluding carboxylic acids is 3. The molecule has 1 heterocycles. The average Bonchev–Trinajstić information content (AvgIpc) is 3.87. The van der Waals surface area contributed by atoms with E-state index in [4.69, 9.17) is 22.1 Å². The van der Waals surface area contributed by atoms with Crippen molar-refractivity contribution in [2.45, 2.75) is 38.4 Å². The summed E-state index contributed by atoms with van der Waals surface area (Å²) in [6.07, 6.45) is -3.17. The zero-order valence-corrected chi connectivity index (χ0v) is 28.6. The molecule has 3 amide bonds. The highest BCUT2D eigenvalue weighted by Crippen LogP contribution is 2.48. The zero-order chi connectivity index (χ0) is 37.7. The first-order chi connectivity index (χ1) is 24.5. The van der Waals surface area contributed by atoms with Gasteiger partial charge < -0.3 is 37.1 Å². The number of aromatic nitrogens is 3. The highest BCUT2D eigenvalue weighted by atomic mass is 35.5. The molecule has 0 bridgehead atoms. The number of rotatable bonds is 13. The molecule has 1 aromatic heterocycles. The first-order valence-electron chi connectivity index (χ1n) is 15.8. The Hall–Kier alpha value is -5.71. The highest BCUT2D eigenvalue weighted by molar-refractivity contribution is 6.39. The summed E-state index contributed by atoms with van der Waals surface area (Å²) in [5.41, 5.74) is 6.11. The summed E-state index contributed by atoms with van der Waals surface area (Å²) in [4.78, 5) is 49.9. The van der Waals surface area contributed by atoms with Gasteiger partial charge in [-0.1, -0.05) is 37.6 Å². The molecular formula is C34H34ClF4N9O4. The minimum absolute atomic E-state index is 0.00451. The topological polar surface area (TPSA) is 185 Å². The molecule has 4 aromatic rings. The standard InChI is InChI=1S/C34H34ClF4N9O4/c1-32(2,17-42-27(50)28(51)44-25-12-9-22(36)15-24(25)40)16-41-26(49)19-3-10-23(11-4-19)43-29-45-30(47-31(46-29)52-18-34(37,38)39)48-33(13-14-33)20-5-7-21(35)8-6-20/h3-12,15H,13-14,16-18,40H2,1-2H3,(H,41,49)(H,42,50)(H,44,51)(H2,43,45,46,47,48). The van der Waals surface area contributed by atoms with E-state index in [1.807, 2.05) is 12.1 Å². The van der Waals surface area contributed by atoms with Gasteiger partial charge in [0.25, 0.3) is 5.91 Å². The molecule has 0 unspecified atom stereocenters. The van der Waals surface area contributed by atoms with Gasteiger partial charge in [0.1, 0.15) is 5.82 Å². The number of benzene rings is 3. The van der Waals surface area contributed by atoms with Crippen molar-refractivity contribution < 1.29 is 36.7 Å². The van der Waals surface area contributed by atoms with Crippen molar-refractivity contribution in [2.75, 3.05) is 41.4 Å². The molecule has 7 N–H and O–H groups in total. The van der Waals surface area contributed by atoms with E-state index in [9.17, 15) is 31.9 Å². The Balaban J connectivity index is 1.17. The lowest BCUT2D eigenvalue weighted by Gasteiger charge is -2.25. The molecule has 13 nitrogen and oxygen atoms in total. The molecule has 52 heavy (non-hydrogen) atoms. The monoisotopic (exact) mass is 743 g/mol. The fraction of sp³-hybridized carbons (Fsp3) is 0.294. The van der Waals surface area contributed by atoms with Gasteiger partial charge in [0.2, 0.25) is 11.9 Å². The fourth-order valence-corrected chi connectivity index (χ4v) is 4.94. The second kappa shape index (κ2) is 15.3. The number of carbonyl (C=O) groups is 3. The normalized spacial score (nSPS) is 13.4. The van der Waals surface area contributed by atoms with E-state index in [-0.39, 0.29) is 41.9 Å². The SMILES string of the molecule is CC(C)(CNC(=O)C(=O)Nc1ccc(F)cc1N)CNC(=O)c1ccc(Nc2nc(NC3(c4ccc(Cl)cc4)CC3)nc(OCC(F)(F)F)n2)cc1. The Kier molecular flexibility index (Phi) is 11.0. The van der Waals surface area contributed by atoms with E-state index in [1.54, 1.807) is 38.1 Å². The average molecular weight is 744 g/mol. The number of amides is 3. The van der Waals surface area contributed by atoms with Crippen LogP contribution in [0.4, 0.5) is 46.5 Å². The van der Waals surface area contributed by atoms with Crippen LogP contribution in [0.2, 0.25) is 5.02 Å². The summed E-state index contributed by atoms with van der Waals surface area (Å²) in [5.74, 6) is -3.06. The zero-order valence-electron chi connectivity index (χ0n) is 27.8. The lowest BCUT2D eigenvalue weighted by Crippen LogP contribution is -2.45. The van der Waals surface area contributed by atoms with Gasteiger partial charge >= 0.3 is 24.0 Å². The van der Waals surface area contributed by atoms with Crippen molar-refractivity contribution in [3.8, 4) is 6.01 Å². The number of anilines is 5. The van der Waals surface area contributed by atoms with Crippen molar-refractivity contribution in [3.63, 3.8) is 0 Å². The third-order valence-corrected chi connectivity index (χ3v) is 8.06. The number of nitrogens with zero attached hydrogens (tertiary/aromatic N) is 3. The number of nitrogens with two attached hydrogens (primary N) is 1. The van der Waals surface area contributed by atoms with Crippen LogP contribution in [0, 0.1) is 11.2 Å². The van der Waals surface area contributed by atoms with E-state index >= 15 is 0 Å². The first-order valence-corrected chi connectivity index (χ1v) is 16.2. The van der Waals surface area contributed by atoms with Gasteiger partial charge in [-0.05, 0) is 78.4 Å². The minimum Gasteiger partial charge on any atom is -0.454 e. The number of hydrogen-bond donors (Lipinski definition) is 6. The van der Waals surface area contributed by atoms with E-state index in [2.05, 4.69) is 41.5 Å². The quantitative estimate of drug-likeness (QED) is 0.0577. The van der Waals surface area contributed by atoms with Gasteiger partial charge in [0, 0.05) is 29.4 Å². The van der Waals surface area contributed by atoms with Gasteiger partial charge in [-0.25, -0.2) is 4.39 Å². The summed E-state index contributed by atoms with van der Waals surface area (Å²) in [6.45, 7) is 2.08. The Morgan fingerprint density at radius 1 is 0.885 bits per heavy atom. The van der Waals surface area contributed by atoms with Crippen LogP contribution in [0.25, 0.3) is 0 Å². The van der Waals surface area contributed by atoms with Crippen LogP contribution >= 0.6 is 11.6 Å². The molecule has 0 atom stereocenters. The smallest absolute Gasteiger partial charge is 0.422 e. The summed E-state index contributed by atoms with van der Waals surface area (Å²) in [5, 5.41) is 14.3. The Bertz CT molecular complexity index is 1940. The third-order valence-electron chi connectivity index (χ3n) is 7.80. The fourth-order valence-electron chi connectivity index (χ4n) is 4.82. The van der Waals surface area contributed by atoms with Gasteiger partial charge in [-0.3, -0.25) is 14.4 Å². The predicted octanol–water partition coefficient (Wildman–Crippen LogP) is 5.54. The molecule has 1 aliphatic rings. The van der Waals surface area contributed by atoms with Crippen molar-refractivity contribution in [1.82, 2.24) is 25.6 Å². The Labute approximate surface area is 300 Å². The van der Waals surface area contributed by atoms with Crippen LogP contribution in [-0.4, -0.2) is 58.5 Å². The molecule has 18 heteroatoms. The largest absolute Gasteiger partial charge is 0.454 e. The number of hydrogen-bond acceptors (Lipinski definition) is 10. The van der Waals surface area contributed by atoms with Crippen LogP contribution in [0.5, 0.6) is 6.01 Å². The number of halogens is 5. The second-order valence-electron chi connectivity index (χ2n) is 12.8.